The van der Waals surface area contributed by atoms with E-state index in [4.69, 9.17) is 0 Å². The molecular weight excluding hydrogens is 252 g/mol. The Morgan fingerprint density at radius 2 is 1.90 bits per heavy atom. The van der Waals surface area contributed by atoms with Gasteiger partial charge in [0.1, 0.15) is 5.82 Å². The average molecular weight is 272 g/mol. The molecule has 1 aromatic carbocycles. The fraction of sp³-hybridized carbons (Fsp3) is 0.375. The van der Waals surface area contributed by atoms with Crippen LogP contribution in [0.2, 0.25) is 0 Å². The van der Waals surface area contributed by atoms with Crippen molar-refractivity contribution in [2.24, 2.45) is 5.92 Å². The quantitative estimate of drug-likeness (QED) is 0.926. The van der Waals surface area contributed by atoms with Crippen LogP contribution >= 0.6 is 0 Å². The van der Waals surface area contributed by atoms with E-state index in [1.807, 2.05) is 25.2 Å². The summed E-state index contributed by atoms with van der Waals surface area (Å²) >= 11 is 0. The molecule has 0 aliphatic carbocycles. The van der Waals surface area contributed by atoms with Crippen molar-refractivity contribution in [3.8, 4) is 0 Å². The van der Waals surface area contributed by atoms with E-state index in [9.17, 15) is 9.90 Å². The lowest BCUT2D eigenvalue weighted by Gasteiger charge is -2.29. The second kappa shape index (κ2) is 5.49. The minimum atomic E-state index is -0.922. The molecule has 0 saturated carbocycles. The first-order chi connectivity index (χ1) is 9.41. The number of nitrogens with zero attached hydrogens (tertiary/aromatic N) is 2. The van der Waals surface area contributed by atoms with Gasteiger partial charge in [-0.1, -0.05) is 19.9 Å². The molecule has 1 N–H and O–H groups in total. The molecule has 0 amide bonds. The monoisotopic (exact) mass is 272 g/mol. The van der Waals surface area contributed by atoms with E-state index in [0.717, 1.165) is 5.82 Å². The number of carboxylic acids is 1. The van der Waals surface area contributed by atoms with Crippen LogP contribution in [0.15, 0.2) is 30.3 Å². The number of aromatic nitrogens is 1. The van der Waals surface area contributed by atoms with Crippen LogP contribution in [0.25, 0.3) is 10.9 Å². The van der Waals surface area contributed by atoms with Crippen LogP contribution in [0.5, 0.6) is 0 Å². The molecule has 0 radical (unpaired) electrons. The summed E-state index contributed by atoms with van der Waals surface area (Å²) in [6.07, 6.45) is 0. The van der Waals surface area contributed by atoms with E-state index in [-0.39, 0.29) is 0 Å². The van der Waals surface area contributed by atoms with Crippen molar-refractivity contribution in [3.05, 3.63) is 35.9 Å². The molecule has 4 nitrogen and oxygen atoms in total. The molecule has 1 atom stereocenters. The molecule has 1 heterocycles. The van der Waals surface area contributed by atoms with E-state index < -0.39 is 5.97 Å². The highest BCUT2D eigenvalue weighted by molar-refractivity contribution is 6.02. The molecule has 0 aliphatic heterocycles. The van der Waals surface area contributed by atoms with Crippen LogP contribution in [0.1, 0.15) is 31.1 Å². The lowest BCUT2D eigenvalue weighted by Crippen LogP contribution is -2.33. The minimum absolute atomic E-state index is 0.293. The number of carbonyl (C=O) groups is 1. The summed E-state index contributed by atoms with van der Waals surface area (Å²) in [7, 11) is 2.01. The van der Waals surface area contributed by atoms with Crippen LogP contribution in [-0.2, 0) is 0 Å². The summed E-state index contributed by atoms with van der Waals surface area (Å²) in [5, 5.41) is 9.86. The van der Waals surface area contributed by atoms with Gasteiger partial charge in [-0.3, -0.25) is 0 Å². The zero-order valence-electron chi connectivity index (χ0n) is 12.3. The van der Waals surface area contributed by atoms with Gasteiger partial charge in [0, 0.05) is 18.5 Å². The number of aromatic carboxylic acids is 1. The molecule has 0 saturated heterocycles. The fourth-order valence-corrected chi connectivity index (χ4v) is 2.18. The predicted octanol–water partition coefficient (Wildman–Crippen LogP) is 3.41. The number of hydrogen-bond donors (Lipinski definition) is 1. The number of hydrogen-bond acceptors (Lipinski definition) is 3. The fourth-order valence-electron chi connectivity index (χ4n) is 2.18. The van der Waals surface area contributed by atoms with Crippen molar-refractivity contribution in [1.82, 2.24) is 4.98 Å². The highest BCUT2D eigenvalue weighted by atomic mass is 16.4. The second-order valence-electron chi connectivity index (χ2n) is 5.44. The standard InChI is InChI=1S/C16H20N2O2/c1-10(2)11(3)18(4)15-9-8-12-13(16(19)20)6-5-7-14(12)17-15/h5-11H,1-4H3,(H,19,20). The van der Waals surface area contributed by atoms with Crippen LogP contribution in [0.3, 0.4) is 0 Å². The van der Waals surface area contributed by atoms with Gasteiger partial charge in [0.25, 0.3) is 0 Å². The van der Waals surface area contributed by atoms with E-state index in [2.05, 4.69) is 30.7 Å². The highest BCUT2D eigenvalue weighted by Crippen LogP contribution is 2.23. The Morgan fingerprint density at radius 3 is 2.50 bits per heavy atom. The molecule has 20 heavy (non-hydrogen) atoms. The maximum Gasteiger partial charge on any atom is 0.336 e. The molecule has 2 aromatic rings. The van der Waals surface area contributed by atoms with Crippen LogP contribution < -0.4 is 4.90 Å². The third-order valence-corrected chi connectivity index (χ3v) is 3.88. The third-order valence-electron chi connectivity index (χ3n) is 3.88. The Kier molecular flexibility index (Phi) is 3.93. The Bertz CT molecular complexity index is 637. The van der Waals surface area contributed by atoms with Crippen LogP contribution in [0.4, 0.5) is 5.82 Å². The van der Waals surface area contributed by atoms with Gasteiger partial charge in [-0.25, -0.2) is 9.78 Å². The van der Waals surface area contributed by atoms with Gasteiger partial charge in [-0.2, -0.15) is 0 Å². The largest absolute Gasteiger partial charge is 0.478 e. The van der Waals surface area contributed by atoms with Gasteiger partial charge in [-0.05, 0) is 37.1 Å². The third kappa shape index (κ3) is 2.59. The first kappa shape index (κ1) is 14.3. The van der Waals surface area contributed by atoms with Crippen molar-refractivity contribution >= 4 is 22.7 Å². The summed E-state index contributed by atoms with van der Waals surface area (Å²) < 4.78 is 0. The number of carboxylic acid groups (broad SMARTS) is 1. The first-order valence-electron chi connectivity index (χ1n) is 6.77. The molecular formula is C16H20N2O2. The van der Waals surface area contributed by atoms with Gasteiger partial charge >= 0.3 is 5.97 Å². The lowest BCUT2D eigenvalue weighted by molar-refractivity contribution is 0.0699. The Labute approximate surface area is 119 Å². The summed E-state index contributed by atoms with van der Waals surface area (Å²) in [5.74, 6) is 0.457. The normalized spacial score (nSPS) is 12.7. The lowest BCUT2D eigenvalue weighted by atomic mass is 10.0. The molecule has 106 valence electrons. The van der Waals surface area contributed by atoms with Crippen molar-refractivity contribution in [2.75, 3.05) is 11.9 Å². The molecule has 0 bridgehead atoms. The zero-order chi connectivity index (χ0) is 14.9. The summed E-state index contributed by atoms with van der Waals surface area (Å²) in [4.78, 5) is 17.9. The van der Waals surface area contributed by atoms with Gasteiger partial charge in [0.15, 0.2) is 0 Å². The minimum Gasteiger partial charge on any atom is -0.478 e. The van der Waals surface area contributed by atoms with Crippen molar-refractivity contribution in [2.45, 2.75) is 26.8 Å². The Balaban J connectivity index is 2.47. The van der Waals surface area contributed by atoms with E-state index in [1.54, 1.807) is 12.1 Å². The van der Waals surface area contributed by atoms with E-state index >= 15 is 0 Å². The molecule has 0 aliphatic rings. The van der Waals surface area contributed by atoms with E-state index in [1.165, 1.54) is 0 Å². The molecule has 2 rings (SSSR count). The second-order valence-corrected chi connectivity index (χ2v) is 5.44. The molecule has 1 unspecified atom stereocenters. The van der Waals surface area contributed by atoms with Crippen molar-refractivity contribution in [1.29, 1.82) is 0 Å². The number of rotatable bonds is 4. The predicted molar refractivity (Wildman–Crippen MR) is 81.4 cm³/mol. The number of anilines is 1. The highest BCUT2D eigenvalue weighted by Gasteiger charge is 2.16. The summed E-state index contributed by atoms with van der Waals surface area (Å²) in [6.45, 7) is 6.50. The van der Waals surface area contributed by atoms with Gasteiger partial charge in [0.2, 0.25) is 0 Å². The molecule has 0 spiro atoms. The van der Waals surface area contributed by atoms with Crippen LogP contribution in [0, 0.1) is 5.92 Å². The maximum atomic E-state index is 11.2. The van der Waals surface area contributed by atoms with Crippen molar-refractivity contribution in [3.63, 3.8) is 0 Å². The van der Waals surface area contributed by atoms with Gasteiger partial charge in [0.05, 0.1) is 11.1 Å². The number of benzene rings is 1. The topological polar surface area (TPSA) is 53.4 Å². The summed E-state index contributed by atoms with van der Waals surface area (Å²) in [5.41, 5.74) is 1.01. The first-order valence-corrected chi connectivity index (χ1v) is 6.77. The smallest absolute Gasteiger partial charge is 0.336 e. The van der Waals surface area contributed by atoms with E-state index in [0.29, 0.717) is 28.4 Å². The number of fused-ring (bicyclic) bond motifs is 1. The number of pyridine rings is 1. The van der Waals surface area contributed by atoms with Crippen molar-refractivity contribution < 1.29 is 9.90 Å². The maximum absolute atomic E-state index is 11.2. The average Bonchev–Trinajstić information content (AvgIpc) is 2.44. The Hall–Kier alpha value is -2.10. The zero-order valence-corrected chi connectivity index (χ0v) is 12.3. The SMILES string of the molecule is CC(C)C(C)N(C)c1ccc2c(C(=O)O)cccc2n1. The van der Waals surface area contributed by atoms with Gasteiger partial charge in [-0.15, -0.1) is 0 Å². The van der Waals surface area contributed by atoms with Crippen LogP contribution in [-0.4, -0.2) is 29.1 Å². The molecule has 0 fully saturated rings. The van der Waals surface area contributed by atoms with Gasteiger partial charge < -0.3 is 10.0 Å². The summed E-state index contributed by atoms with van der Waals surface area (Å²) in [6, 6.07) is 9.26. The molecule has 4 heteroatoms. The molecule has 1 aromatic heterocycles. The Morgan fingerprint density at radius 1 is 1.20 bits per heavy atom.